The summed E-state index contributed by atoms with van der Waals surface area (Å²) in [5.41, 5.74) is 0.662. The number of nitrogens with one attached hydrogen (secondary N) is 1. The molecule has 1 aromatic heterocycles. The maximum Gasteiger partial charge on any atom is 0.410 e. The van der Waals surface area contributed by atoms with Gasteiger partial charge in [0.2, 0.25) is 5.28 Å². The average Bonchev–Trinajstić information content (AvgIpc) is 3.26. The van der Waals surface area contributed by atoms with Crippen LogP contribution in [0, 0.1) is 0 Å². The Morgan fingerprint density at radius 1 is 1.48 bits per heavy atom. The van der Waals surface area contributed by atoms with Crippen molar-refractivity contribution in [1.29, 1.82) is 0 Å². The molecule has 0 radical (unpaired) electrons. The summed E-state index contributed by atoms with van der Waals surface area (Å²) in [5.74, 6) is 1.37. The summed E-state index contributed by atoms with van der Waals surface area (Å²) in [6.45, 7) is 6.90. The molecule has 1 aromatic rings. The van der Waals surface area contributed by atoms with E-state index >= 15 is 0 Å². The lowest BCUT2D eigenvalue weighted by Gasteiger charge is -2.24. The summed E-state index contributed by atoms with van der Waals surface area (Å²) in [7, 11) is 1.74. The molecule has 7 heteroatoms. The van der Waals surface area contributed by atoms with Crippen LogP contribution >= 0.6 is 11.6 Å². The van der Waals surface area contributed by atoms with E-state index in [1.807, 2.05) is 27.0 Å². The molecule has 0 saturated heterocycles. The Hall–Kier alpha value is -1.56. The van der Waals surface area contributed by atoms with Gasteiger partial charge in [0.1, 0.15) is 11.4 Å². The second kappa shape index (κ2) is 7.34. The van der Waals surface area contributed by atoms with Gasteiger partial charge in [-0.25, -0.2) is 14.8 Å². The number of ether oxygens (including phenoxy) is 1. The van der Waals surface area contributed by atoms with Crippen molar-refractivity contribution < 1.29 is 9.53 Å². The minimum Gasteiger partial charge on any atom is -0.444 e. The summed E-state index contributed by atoms with van der Waals surface area (Å²) in [6.07, 6.45) is 4.66. The highest BCUT2D eigenvalue weighted by Crippen LogP contribution is 2.42. The molecular weight excluding hydrogens is 316 g/mol. The molecule has 0 unspecified atom stereocenters. The summed E-state index contributed by atoms with van der Waals surface area (Å²) in [5, 5.41) is 3.56. The first-order chi connectivity index (χ1) is 10.8. The van der Waals surface area contributed by atoms with Crippen LogP contribution in [0.5, 0.6) is 0 Å². The van der Waals surface area contributed by atoms with Crippen LogP contribution in [0.4, 0.5) is 10.6 Å². The van der Waals surface area contributed by atoms with Gasteiger partial charge in [0.25, 0.3) is 0 Å². The smallest absolute Gasteiger partial charge is 0.410 e. The minimum absolute atomic E-state index is 0.253. The molecular formula is C16H25ClN4O2. The number of hydrogen-bond donors (Lipinski definition) is 1. The number of nitrogens with zero attached hydrogens (tertiary/aromatic N) is 3. The van der Waals surface area contributed by atoms with Crippen molar-refractivity contribution in [3.63, 3.8) is 0 Å². The lowest BCUT2D eigenvalue weighted by molar-refractivity contribution is 0.0298. The molecule has 128 valence electrons. The molecule has 1 saturated carbocycles. The summed E-state index contributed by atoms with van der Waals surface area (Å²) in [4.78, 5) is 21.8. The topological polar surface area (TPSA) is 67.3 Å². The Morgan fingerprint density at radius 3 is 2.78 bits per heavy atom. The number of anilines is 1. The first-order valence-corrected chi connectivity index (χ1v) is 8.34. The molecule has 0 atom stereocenters. The first-order valence-electron chi connectivity index (χ1n) is 7.96. The SMILES string of the molecule is CN(CCCNc1nc(Cl)ncc1C1CC1)C(=O)OC(C)(C)C. The van der Waals surface area contributed by atoms with E-state index in [-0.39, 0.29) is 11.4 Å². The van der Waals surface area contributed by atoms with Crippen molar-refractivity contribution in [3.05, 3.63) is 17.0 Å². The molecule has 0 aliphatic heterocycles. The number of carbonyl (C=O) groups excluding carboxylic acids is 1. The molecule has 6 nitrogen and oxygen atoms in total. The number of hydrogen-bond acceptors (Lipinski definition) is 5. The van der Waals surface area contributed by atoms with Gasteiger partial charge in [-0.2, -0.15) is 0 Å². The molecule has 0 aromatic carbocycles. The Balaban J connectivity index is 1.77. The van der Waals surface area contributed by atoms with Crippen molar-refractivity contribution in [3.8, 4) is 0 Å². The summed E-state index contributed by atoms with van der Waals surface area (Å²) >= 11 is 5.88. The van der Waals surface area contributed by atoms with Crippen LogP contribution in [0.2, 0.25) is 5.28 Å². The molecule has 1 amide bonds. The lowest BCUT2D eigenvalue weighted by Crippen LogP contribution is -2.35. The van der Waals surface area contributed by atoms with E-state index < -0.39 is 5.60 Å². The molecule has 0 bridgehead atoms. The fourth-order valence-electron chi connectivity index (χ4n) is 2.16. The molecule has 1 aliphatic carbocycles. The third kappa shape index (κ3) is 5.86. The molecule has 1 aliphatic rings. The van der Waals surface area contributed by atoms with E-state index in [0.717, 1.165) is 17.8 Å². The van der Waals surface area contributed by atoms with Gasteiger partial charge in [0.15, 0.2) is 0 Å². The van der Waals surface area contributed by atoms with Crippen LogP contribution in [0.1, 0.15) is 51.5 Å². The monoisotopic (exact) mass is 340 g/mol. The van der Waals surface area contributed by atoms with Crippen LogP contribution < -0.4 is 5.32 Å². The van der Waals surface area contributed by atoms with Crippen LogP contribution in [0.25, 0.3) is 0 Å². The Kier molecular flexibility index (Phi) is 5.68. The van der Waals surface area contributed by atoms with Crippen LogP contribution in [0.15, 0.2) is 6.20 Å². The second-order valence-corrected chi connectivity index (χ2v) is 7.24. The van der Waals surface area contributed by atoms with Gasteiger partial charge >= 0.3 is 6.09 Å². The largest absolute Gasteiger partial charge is 0.444 e. The number of rotatable bonds is 6. The van der Waals surface area contributed by atoms with Gasteiger partial charge in [-0.1, -0.05) is 0 Å². The molecule has 2 rings (SSSR count). The van der Waals surface area contributed by atoms with Crippen molar-refractivity contribution in [1.82, 2.24) is 14.9 Å². The minimum atomic E-state index is -0.472. The third-order valence-electron chi connectivity index (χ3n) is 3.47. The van der Waals surface area contributed by atoms with Gasteiger partial charge in [-0.05, 0) is 57.6 Å². The van der Waals surface area contributed by atoms with Gasteiger partial charge in [0.05, 0.1) is 0 Å². The predicted molar refractivity (Wildman–Crippen MR) is 91.0 cm³/mol. The van der Waals surface area contributed by atoms with Gasteiger partial charge in [-0.3, -0.25) is 0 Å². The van der Waals surface area contributed by atoms with E-state index in [4.69, 9.17) is 16.3 Å². The Bertz CT molecular complexity index is 556. The predicted octanol–water partition coefficient (Wildman–Crippen LogP) is 3.68. The maximum atomic E-state index is 11.9. The van der Waals surface area contributed by atoms with E-state index in [1.54, 1.807) is 11.9 Å². The van der Waals surface area contributed by atoms with Crippen molar-refractivity contribution in [2.24, 2.45) is 0 Å². The quantitative estimate of drug-likeness (QED) is 0.632. The van der Waals surface area contributed by atoms with Crippen LogP contribution in [0.3, 0.4) is 0 Å². The standard InChI is InChI=1S/C16H25ClN4O2/c1-16(2,3)23-15(22)21(4)9-5-8-18-13-12(11-6-7-11)10-19-14(17)20-13/h10-11H,5-9H2,1-4H3,(H,18,19,20). The Morgan fingerprint density at radius 2 is 2.17 bits per heavy atom. The highest BCUT2D eigenvalue weighted by molar-refractivity contribution is 6.28. The molecule has 23 heavy (non-hydrogen) atoms. The highest BCUT2D eigenvalue weighted by atomic mass is 35.5. The summed E-state index contributed by atoms with van der Waals surface area (Å²) < 4.78 is 5.32. The normalized spacial score (nSPS) is 14.5. The lowest BCUT2D eigenvalue weighted by atomic mass is 10.2. The zero-order valence-corrected chi connectivity index (χ0v) is 15.0. The zero-order valence-electron chi connectivity index (χ0n) is 14.2. The molecule has 1 heterocycles. The highest BCUT2D eigenvalue weighted by Gasteiger charge is 2.27. The van der Waals surface area contributed by atoms with E-state index in [1.165, 1.54) is 12.8 Å². The zero-order chi connectivity index (χ0) is 17.0. The first kappa shape index (κ1) is 17.8. The molecule has 0 spiro atoms. The number of carbonyl (C=O) groups is 1. The van der Waals surface area contributed by atoms with Crippen molar-refractivity contribution in [2.45, 2.75) is 51.6 Å². The fourth-order valence-corrected chi connectivity index (χ4v) is 2.29. The average molecular weight is 341 g/mol. The summed E-state index contributed by atoms with van der Waals surface area (Å²) in [6, 6.07) is 0. The van der Waals surface area contributed by atoms with Gasteiger partial charge in [0, 0.05) is 31.9 Å². The fraction of sp³-hybridized carbons (Fsp3) is 0.688. The van der Waals surface area contributed by atoms with E-state index in [2.05, 4.69) is 15.3 Å². The number of halogens is 1. The maximum absolute atomic E-state index is 11.9. The van der Waals surface area contributed by atoms with Crippen LogP contribution in [-0.4, -0.2) is 46.7 Å². The third-order valence-corrected chi connectivity index (χ3v) is 3.65. The molecule has 1 fully saturated rings. The molecule has 1 N–H and O–H groups in total. The Labute approximate surface area is 142 Å². The van der Waals surface area contributed by atoms with E-state index in [0.29, 0.717) is 19.0 Å². The van der Waals surface area contributed by atoms with E-state index in [9.17, 15) is 4.79 Å². The van der Waals surface area contributed by atoms with Gasteiger partial charge < -0.3 is 15.0 Å². The number of amides is 1. The van der Waals surface area contributed by atoms with Gasteiger partial charge in [-0.15, -0.1) is 0 Å². The number of aromatic nitrogens is 2. The van der Waals surface area contributed by atoms with Crippen molar-refractivity contribution >= 4 is 23.5 Å². The van der Waals surface area contributed by atoms with Crippen molar-refractivity contribution in [2.75, 3.05) is 25.5 Å². The second-order valence-electron chi connectivity index (χ2n) is 6.90. The van der Waals surface area contributed by atoms with Crippen LogP contribution in [-0.2, 0) is 4.74 Å².